The Labute approximate surface area is 207 Å². The molecule has 3 aromatic rings. The van der Waals surface area contributed by atoms with Crippen molar-refractivity contribution < 1.29 is 19.4 Å². The number of para-hydroxylation sites is 1. The van der Waals surface area contributed by atoms with Crippen LogP contribution in [0.1, 0.15) is 36.1 Å². The number of hydrogen-bond acceptors (Lipinski definition) is 7. The van der Waals surface area contributed by atoms with Gasteiger partial charge in [-0.3, -0.25) is 10.1 Å². The molecule has 0 unspecified atom stereocenters. The number of phenolic OH excluding ortho intramolecular Hbond substituents is 1. The SMILES string of the molecule is CCOc1cc(/C=C2\S[C@]3(NC2=O)Oc2ccccc2[C@H]2CC(c4ccccc4)=NN23)ccc1O. The van der Waals surface area contributed by atoms with Gasteiger partial charge in [0, 0.05) is 12.0 Å². The Morgan fingerprint density at radius 2 is 2.00 bits per heavy atom. The van der Waals surface area contributed by atoms with Gasteiger partial charge in [-0.1, -0.05) is 54.6 Å². The third kappa shape index (κ3) is 3.70. The van der Waals surface area contributed by atoms with Crippen molar-refractivity contribution in [2.24, 2.45) is 5.10 Å². The van der Waals surface area contributed by atoms with Crippen molar-refractivity contribution in [1.82, 2.24) is 10.3 Å². The van der Waals surface area contributed by atoms with Crippen LogP contribution in [0.5, 0.6) is 17.2 Å². The average molecular weight is 486 g/mol. The zero-order valence-corrected chi connectivity index (χ0v) is 19.8. The molecule has 0 radical (unpaired) electrons. The molecule has 0 bridgehead atoms. The number of rotatable bonds is 4. The first-order chi connectivity index (χ1) is 17.1. The Balaban J connectivity index is 1.39. The highest BCUT2D eigenvalue weighted by Crippen LogP contribution is 2.53. The maximum absolute atomic E-state index is 13.1. The van der Waals surface area contributed by atoms with Crippen LogP contribution in [-0.4, -0.2) is 33.5 Å². The van der Waals surface area contributed by atoms with Crippen LogP contribution in [0.4, 0.5) is 0 Å². The number of hydrogen-bond donors (Lipinski definition) is 2. The molecular weight excluding hydrogens is 462 g/mol. The normalized spacial score (nSPS) is 23.5. The molecule has 35 heavy (non-hydrogen) atoms. The molecule has 6 rings (SSSR count). The number of fused-ring (bicyclic) bond motifs is 4. The number of nitrogens with one attached hydrogen (secondary N) is 1. The highest BCUT2D eigenvalue weighted by atomic mass is 32.2. The van der Waals surface area contributed by atoms with E-state index in [1.165, 1.54) is 11.8 Å². The van der Waals surface area contributed by atoms with E-state index in [0.29, 0.717) is 23.7 Å². The molecule has 3 aliphatic heterocycles. The maximum Gasteiger partial charge on any atom is 0.336 e. The van der Waals surface area contributed by atoms with Gasteiger partial charge >= 0.3 is 5.18 Å². The molecule has 0 saturated carbocycles. The van der Waals surface area contributed by atoms with Crippen LogP contribution in [0.15, 0.2) is 82.8 Å². The standard InChI is InChI=1S/C27H23N3O4S/c1-2-33-24-14-17(12-13-22(24)31)15-25-26(32)28-27(35-25)30-21(19-10-6-7-11-23(19)34-27)16-20(29-30)18-8-4-3-5-9-18/h3-15,21,31H,2,16H2,1H3,(H,28,32)/b25-15-/t21-,27+/m1/s1. The first kappa shape index (κ1) is 21.6. The molecule has 0 aliphatic carbocycles. The number of benzene rings is 3. The Kier molecular flexibility index (Phi) is 5.18. The number of thioether (sulfide) groups is 1. The van der Waals surface area contributed by atoms with Gasteiger partial charge in [0.2, 0.25) is 0 Å². The van der Waals surface area contributed by atoms with E-state index in [9.17, 15) is 9.90 Å². The highest BCUT2D eigenvalue weighted by molar-refractivity contribution is 8.05. The summed E-state index contributed by atoms with van der Waals surface area (Å²) in [6.45, 7) is 2.28. The third-order valence-electron chi connectivity index (χ3n) is 6.17. The summed E-state index contributed by atoms with van der Waals surface area (Å²) in [4.78, 5) is 13.6. The number of carbonyl (C=O) groups excluding carboxylic acids is 1. The summed E-state index contributed by atoms with van der Waals surface area (Å²) >= 11 is 1.29. The fraction of sp³-hybridized carbons (Fsp3) is 0.185. The quantitative estimate of drug-likeness (QED) is 0.514. The van der Waals surface area contributed by atoms with E-state index in [4.69, 9.17) is 14.6 Å². The monoisotopic (exact) mass is 485 g/mol. The molecular formula is C27H23N3O4S. The molecule has 2 N–H and O–H groups in total. The van der Waals surface area contributed by atoms with Gasteiger partial charge in [-0.25, -0.2) is 5.01 Å². The Hall–Kier alpha value is -3.91. The van der Waals surface area contributed by atoms with Crippen LogP contribution >= 0.6 is 11.8 Å². The molecule has 0 aromatic heterocycles. The molecule has 1 amide bonds. The minimum absolute atomic E-state index is 0.0592. The summed E-state index contributed by atoms with van der Waals surface area (Å²) in [6, 6.07) is 22.9. The van der Waals surface area contributed by atoms with E-state index < -0.39 is 5.18 Å². The number of nitrogens with zero attached hydrogens (tertiary/aromatic N) is 2. The summed E-state index contributed by atoms with van der Waals surface area (Å²) in [5.41, 5.74) is 3.78. The smallest absolute Gasteiger partial charge is 0.336 e. The maximum atomic E-state index is 13.1. The largest absolute Gasteiger partial charge is 0.504 e. The zero-order chi connectivity index (χ0) is 24.0. The number of hydrazone groups is 1. The predicted molar refractivity (Wildman–Crippen MR) is 135 cm³/mol. The second kappa shape index (κ2) is 8.39. The molecule has 1 saturated heterocycles. The van der Waals surface area contributed by atoms with E-state index in [-0.39, 0.29) is 17.7 Å². The van der Waals surface area contributed by atoms with Gasteiger partial charge < -0.3 is 14.6 Å². The number of aromatic hydroxyl groups is 1. The zero-order valence-electron chi connectivity index (χ0n) is 19.0. The lowest BCUT2D eigenvalue weighted by atomic mass is 9.97. The molecule has 7 nitrogen and oxygen atoms in total. The molecule has 3 aliphatic rings. The summed E-state index contributed by atoms with van der Waals surface area (Å²) in [6.07, 6.45) is 2.48. The number of ether oxygens (including phenoxy) is 2. The van der Waals surface area contributed by atoms with E-state index >= 15 is 0 Å². The van der Waals surface area contributed by atoms with Gasteiger partial charge in [0.05, 0.1) is 23.3 Å². The fourth-order valence-corrected chi connectivity index (χ4v) is 5.76. The number of carbonyl (C=O) groups is 1. The molecule has 1 spiro atoms. The summed E-state index contributed by atoms with van der Waals surface area (Å²) in [7, 11) is 0. The highest BCUT2D eigenvalue weighted by Gasteiger charge is 2.57. The Morgan fingerprint density at radius 1 is 1.20 bits per heavy atom. The second-order valence-corrected chi connectivity index (χ2v) is 9.62. The number of phenols is 1. The van der Waals surface area contributed by atoms with Gasteiger partial charge in [-0.15, -0.1) is 0 Å². The molecule has 3 heterocycles. The van der Waals surface area contributed by atoms with Crippen LogP contribution in [0.2, 0.25) is 0 Å². The first-order valence-electron chi connectivity index (χ1n) is 11.5. The van der Waals surface area contributed by atoms with Crippen LogP contribution in [0.25, 0.3) is 6.08 Å². The summed E-state index contributed by atoms with van der Waals surface area (Å²) in [5.74, 6) is 0.918. The minimum Gasteiger partial charge on any atom is -0.504 e. The lowest BCUT2D eigenvalue weighted by molar-refractivity contribution is -0.127. The number of amides is 1. The van der Waals surface area contributed by atoms with Gasteiger partial charge in [0.15, 0.2) is 11.5 Å². The van der Waals surface area contributed by atoms with Crippen LogP contribution < -0.4 is 14.8 Å². The second-order valence-electron chi connectivity index (χ2n) is 8.42. The molecule has 8 heteroatoms. The average Bonchev–Trinajstić information content (AvgIpc) is 3.45. The van der Waals surface area contributed by atoms with E-state index in [1.54, 1.807) is 24.3 Å². The Morgan fingerprint density at radius 3 is 2.83 bits per heavy atom. The molecule has 176 valence electrons. The molecule has 3 aromatic carbocycles. The lowest BCUT2D eigenvalue weighted by Crippen LogP contribution is -2.58. The first-order valence-corrected chi connectivity index (χ1v) is 12.3. The van der Waals surface area contributed by atoms with Crippen molar-refractivity contribution >= 4 is 29.5 Å². The van der Waals surface area contributed by atoms with Crippen molar-refractivity contribution in [3.8, 4) is 17.2 Å². The van der Waals surface area contributed by atoms with Gasteiger partial charge in [0.25, 0.3) is 5.91 Å². The Bertz CT molecular complexity index is 1370. The van der Waals surface area contributed by atoms with Gasteiger partial charge in [-0.05, 0) is 54.1 Å². The van der Waals surface area contributed by atoms with Crippen molar-refractivity contribution in [2.45, 2.75) is 24.6 Å². The van der Waals surface area contributed by atoms with E-state index in [2.05, 4.69) is 5.32 Å². The third-order valence-corrected chi connectivity index (χ3v) is 7.34. The van der Waals surface area contributed by atoms with Gasteiger partial charge in [0.1, 0.15) is 5.75 Å². The van der Waals surface area contributed by atoms with Crippen molar-refractivity contribution in [2.75, 3.05) is 6.61 Å². The van der Waals surface area contributed by atoms with Crippen molar-refractivity contribution in [3.63, 3.8) is 0 Å². The minimum atomic E-state index is -1.20. The molecule has 1 fully saturated rings. The van der Waals surface area contributed by atoms with E-state index in [0.717, 1.165) is 28.2 Å². The van der Waals surface area contributed by atoms with E-state index in [1.807, 2.05) is 66.5 Å². The fourth-order valence-electron chi connectivity index (χ4n) is 4.59. The van der Waals surface area contributed by atoms with Crippen molar-refractivity contribution in [1.29, 1.82) is 0 Å². The van der Waals surface area contributed by atoms with Crippen molar-refractivity contribution in [3.05, 3.63) is 94.4 Å². The van der Waals surface area contributed by atoms with Crippen LogP contribution in [0, 0.1) is 0 Å². The topological polar surface area (TPSA) is 83.4 Å². The summed E-state index contributed by atoms with van der Waals surface area (Å²) < 4.78 is 11.9. The summed E-state index contributed by atoms with van der Waals surface area (Å²) in [5, 5.41) is 18.7. The van der Waals surface area contributed by atoms with Crippen LogP contribution in [-0.2, 0) is 4.79 Å². The van der Waals surface area contributed by atoms with Crippen LogP contribution in [0.3, 0.4) is 0 Å². The predicted octanol–water partition coefficient (Wildman–Crippen LogP) is 4.85. The molecule has 2 atom stereocenters. The van der Waals surface area contributed by atoms with Gasteiger partial charge in [-0.2, -0.15) is 5.10 Å². The lowest BCUT2D eigenvalue weighted by Gasteiger charge is -2.43.